The Bertz CT molecular complexity index is 337. The molecule has 22 heavy (non-hydrogen) atoms. The standard InChI is InChI=1S/C14H26O8/c1-8(15)21-12-10(9(17-3)7-16-2)22-14(20-6)13(19-5)11(12)18-4/h9-14H,7H2,1-6H3. The van der Waals surface area contributed by atoms with Crippen LogP contribution >= 0.6 is 0 Å². The third kappa shape index (κ3) is 4.37. The summed E-state index contributed by atoms with van der Waals surface area (Å²) >= 11 is 0. The number of rotatable bonds is 8. The molecule has 1 aliphatic heterocycles. The quantitative estimate of drug-likeness (QED) is 0.577. The Balaban J connectivity index is 3.10. The summed E-state index contributed by atoms with van der Waals surface area (Å²) in [7, 11) is 7.62. The lowest BCUT2D eigenvalue weighted by Crippen LogP contribution is -2.64. The van der Waals surface area contributed by atoms with E-state index >= 15 is 0 Å². The van der Waals surface area contributed by atoms with Gasteiger partial charge in [0.05, 0.1) is 6.61 Å². The third-order valence-electron chi connectivity index (χ3n) is 3.61. The summed E-state index contributed by atoms with van der Waals surface area (Å²) in [5, 5.41) is 0. The highest BCUT2D eigenvalue weighted by Gasteiger charge is 2.51. The molecule has 0 N–H and O–H groups in total. The minimum atomic E-state index is -0.709. The van der Waals surface area contributed by atoms with Crippen molar-refractivity contribution >= 4 is 5.97 Å². The minimum absolute atomic E-state index is 0.267. The number of hydrogen-bond acceptors (Lipinski definition) is 8. The number of esters is 1. The van der Waals surface area contributed by atoms with Crippen LogP contribution < -0.4 is 0 Å². The highest BCUT2D eigenvalue weighted by molar-refractivity contribution is 5.66. The molecule has 130 valence electrons. The molecule has 1 rings (SSSR count). The summed E-state index contributed by atoms with van der Waals surface area (Å²) < 4.78 is 38.0. The maximum Gasteiger partial charge on any atom is 0.303 e. The van der Waals surface area contributed by atoms with Crippen molar-refractivity contribution in [1.82, 2.24) is 0 Å². The largest absolute Gasteiger partial charge is 0.457 e. The van der Waals surface area contributed by atoms with E-state index in [0.717, 1.165) is 0 Å². The van der Waals surface area contributed by atoms with E-state index in [4.69, 9.17) is 33.2 Å². The van der Waals surface area contributed by atoms with Gasteiger partial charge in [-0.2, -0.15) is 0 Å². The monoisotopic (exact) mass is 322 g/mol. The SMILES string of the molecule is COCC(OC)C1OC(OC)C(OC)C(OC)C1OC(C)=O. The van der Waals surface area contributed by atoms with Gasteiger partial charge in [-0.25, -0.2) is 0 Å². The van der Waals surface area contributed by atoms with Gasteiger partial charge < -0.3 is 33.2 Å². The summed E-state index contributed by atoms with van der Waals surface area (Å²) in [6.07, 6.45) is -3.57. The van der Waals surface area contributed by atoms with Crippen LogP contribution in [-0.2, 0) is 38.0 Å². The Labute approximate surface area is 130 Å². The molecule has 8 heteroatoms. The van der Waals surface area contributed by atoms with Gasteiger partial charge in [-0.3, -0.25) is 4.79 Å². The van der Waals surface area contributed by atoms with Gasteiger partial charge in [-0.05, 0) is 0 Å². The van der Waals surface area contributed by atoms with E-state index in [1.807, 2.05) is 0 Å². The van der Waals surface area contributed by atoms with Crippen LogP contribution in [0.15, 0.2) is 0 Å². The molecule has 0 radical (unpaired) electrons. The van der Waals surface area contributed by atoms with E-state index in [2.05, 4.69) is 0 Å². The van der Waals surface area contributed by atoms with Gasteiger partial charge in [0, 0.05) is 42.5 Å². The number of hydrogen-bond donors (Lipinski definition) is 0. The highest BCUT2D eigenvalue weighted by atomic mass is 16.7. The number of methoxy groups -OCH3 is 5. The second kappa shape index (κ2) is 9.39. The Morgan fingerprint density at radius 3 is 2.05 bits per heavy atom. The van der Waals surface area contributed by atoms with Crippen LogP contribution in [0.4, 0.5) is 0 Å². The molecule has 0 bridgehead atoms. The lowest BCUT2D eigenvalue weighted by Gasteiger charge is -2.45. The van der Waals surface area contributed by atoms with Gasteiger partial charge in [-0.1, -0.05) is 0 Å². The summed E-state index contributed by atoms with van der Waals surface area (Å²) in [6.45, 7) is 1.59. The Kier molecular flexibility index (Phi) is 8.23. The number of carbonyl (C=O) groups is 1. The topological polar surface area (TPSA) is 81.7 Å². The molecule has 0 aromatic rings. The zero-order valence-electron chi connectivity index (χ0n) is 13.9. The molecule has 6 unspecified atom stereocenters. The molecule has 1 aliphatic rings. The average molecular weight is 322 g/mol. The van der Waals surface area contributed by atoms with Crippen LogP contribution in [0.5, 0.6) is 0 Å². The van der Waals surface area contributed by atoms with Crippen LogP contribution in [0.1, 0.15) is 6.92 Å². The minimum Gasteiger partial charge on any atom is -0.457 e. The third-order valence-corrected chi connectivity index (χ3v) is 3.61. The number of carbonyl (C=O) groups excluding carboxylic acids is 1. The lowest BCUT2D eigenvalue weighted by molar-refractivity contribution is -0.316. The van der Waals surface area contributed by atoms with E-state index < -0.39 is 42.8 Å². The van der Waals surface area contributed by atoms with Crippen LogP contribution in [0.25, 0.3) is 0 Å². The molecule has 8 nitrogen and oxygen atoms in total. The summed E-state index contributed by atoms with van der Waals surface area (Å²) in [6, 6.07) is 0. The fraction of sp³-hybridized carbons (Fsp3) is 0.929. The maximum absolute atomic E-state index is 11.5. The zero-order valence-corrected chi connectivity index (χ0v) is 13.9. The van der Waals surface area contributed by atoms with E-state index in [1.54, 1.807) is 7.11 Å². The van der Waals surface area contributed by atoms with Crippen molar-refractivity contribution in [3.05, 3.63) is 0 Å². The lowest BCUT2D eigenvalue weighted by atomic mass is 9.94. The van der Waals surface area contributed by atoms with Crippen molar-refractivity contribution < 1.29 is 38.0 Å². The van der Waals surface area contributed by atoms with Crippen molar-refractivity contribution in [1.29, 1.82) is 0 Å². The van der Waals surface area contributed by atoms with E-state index in [1.165, 1.54) is 35.4 Å². The van der Waals surface area contributed by atoms with Crippen LogP contribution in [-0.4, -0.2) is 84.9 Å². The first-order chi connectivity index (χ1) is 10.5. The van der Waals surface area contributed by atoms with E-state index in [0.29, 0.717) is 0 Å². The van der Waals surface area contributed by atoms with Crippen molar-refractivity contribution in [2.75, 3.05) is 42.2 Å². The van der Waals surface area contributed by atoms with Gasteiger partial charge in [-0.15, -0.1) is 0 Å². The van der Waals surface area contributed by atoms with Gasteiger partial charge in [0.25, 0.3) is 0 Å². The first-order valence-corrected chi connectivity index (χ1v) is 6.96. The number of ether oxygens (including phenoxy) is 7. The molecule has 6 atom stereocenters. The molecular weight excluding hydrogens is 296 g/mol. The van der Waals surface area contributed by atoms with Crippen molar-refractivity contribution in [3.8, 4) is 0 Å². The molecule has 1 saturated heterocycles. The first-order valence-electron chi connectivity index (χ1n) is 6.96. The molecular formula is C14H26O8. The Morgan fingerprint density at radius 2 is 1.64 bits per heavy atom. The first kappa shape index (κ1) is 19.3. The fourth-order valence-electron chi connectivity index (χ4n) is 2.63. The molecule has 0 aromatic heterocycles. The Morgan fingerprint density at radius 1 is 1.00 bits per heavy atom. The second-order valence-electron chi connectivity index (χ2n) is 4.91. The second-order valence-corrected chi connectivity index (χ2v) is 4.91. The highest BCUT2D eigenvalue weighted by Crippen LogP contribution is 2.30. The summed E-state index contributed by atoms with van der Waals surface area (Å²) in [5.41, 5.74) is 0. The predicted octanol–water partition coefficient (Wildman–Crippen LogP) is -0.0192. The zero-order chi connectivity index (χ0) is 16.7. The molecule has 0 spiro atoms. The van der Waals surface area contributed by atoms with Gasteiger partial charge in [0.1, 0.15) is 24.4 Å². The van der Waals surface area contributed by atoms with Gasteiger partial charge in [0.2, 0.25) is 0 Å². The fourth-order valence-corrected chi connectivity index (χ4v) is 2.63. The van der Waals surface area contributed by atoms with Gasteiger partial charge >= 0.3 is 5.97 Å². The molecule has 0 saturated carbocycles. The summed E-state index contributed by atoms with van der Waals surface area (Å²) in [4.78, 5) is 11.5. The van der Waals surface area contributed by atoms with Crippen LogP contribution in [0.3, 0.4) is 0 Å². The van der Waals surface area contributed by atoms with Crippen LogP contribution in [0, 0.1) is 0 Å². The van der Waals surface area contributed by atoms with E-state index in [-0.39, 0.29) is 6.61 Å². The van der Waals surface area contributed by atoms with Gasteiger partial charge in [0.15, 0.2) is 12.4 Å². The Hall–Kier alpha value is -0.770. The molecule has 1 heterocycles. The summed E-state index contributed by atoms with van der Waals surface area (Å²) in [5.74, 6) is -0.446. The van der Waals surface area contributed by atoms with E-state index in [9.17, 15) is 4.79 Å². The van der Waals surface area contributed by atoms with Crippen molar-refractivity contribution in [2.45, 2.75) is 43.7 Å². The molecule has 0 aromatic carbocycles. The predicted molar refractivity (Wildman–Crippen MR) is 75.5 cm³/mol. The molecule has 0 aliphatic carbocycles. The van der Waals surface area contributed by atoms with Crippen LogP contribution in [0.2, 0.25) is 0 Å². The maximum atomic E-state index is 11.5. The molecule has 0 amide bonds. The smallest absolute Gasteiger partial charge is 0.303 e. The van der Waals surface area contributed by atoms with Crippen molar-refractivity contribution in [2.24, 2.45) is 0 Å². The van der Waals surface area contributed by atoms with Crippen molar-refractivity contribution in [3.63, 3.8) is 0 Å². The normalized spacial score (nSPS) is 33.5. The average Bonchev–Trinajstić information content (AvgIpc) is 2.51. The molecule has 1 fully saturated rings.